The molecule has 5 aromatic rings. The summed E-state index contributed by atoms with van der Waals surface area (Å²) in [6.45, 7) is 6.91. The van der Waals surface area contributed by atoms with Gasteiger partial charge in [-0.2, -0.15) is 0 Å². The molecule has 1 atom stereocenters. The smallest absolute Gasteiger partial charge is 0.271 e. The van der Waals surface area contributed by atoms with Crippen molar-refractivity contribution in [2.24, 2.45) is 4.99 Å². The number of rotatable bonds is 11. The normalized spacial score (nSPS) is 14.2. The van der Waals surface area contributed by atoms with Crippen molar-refractivity contribution in [3.8, 4) is 17.2 Å². The lowest BCUT2D eigenvalue weighted by Crippen LogP contribution is -2.40. The molecule has 0 bridgehead atoms. The van der Waals surface area contributed by atoms with Crippen molar-refractivity contribution < 1.29 is 19.0 Å². The number of halogens is 1. The average molecular weight is 680 g/mol. The van der Waals surface area contributed by atoms with Gasteiger partial charge in [-0.15, -0.1) is 0 Å². The summed E-state index contributed by atoms with van der Waals surface area (Å²) in [5.41, 5.74) is 3.78. The standard InChI is InChI=1S/C38H34ClN3O5S/c1-4-45-30-17-15-27(16-18-30)35-34(36(43)41-29-12-7-6-8-13-29)24(3)40-38-42(35)37(44)33(48-38)22-25-14-19-31(32(21-25)46-5-2)47-23-26-10-9-11-28(39)20-26/h6-22,35H,4-5,23H2,1-3H3,(H,41,43)/b33-22-/t35-/m0/s1. The Labute approximate surface area is 287 Å². The molecule has 48 heavy (non-hydrogen) atoms. The van der Waals surface area contributed by atoms with Crippen LogP contribution in [0, 0.1) is 0 Å². The third-order valence-corrected chi connectivity index (χ3v) is 8.87. The van der Waals surface area contributed by atoms with Gasteiger partial charge >= 0.3 is 0 Å². The van der Waals surface area contributed by atoms with Crippen molar-refractivity contribution >= 4 is 40.6 Å². The molecule has 0 unspecified atom stereocenters. The number of anilines is 1. The van der Waals surface area contributed by atoms with Gasteiger partial charge in [0, 0.05) is 10.7 Å². The molecule has 244 valence electrons. The molecule has 0 fully saturated rings. The van der Waals surface area contributed by atoms with Crippen LogP contribution in [0.3, 0.4) is 0 Å². The van der Waals surface area contributed by atoms with E-state index in [2.05, 4.69) is 5.32 Å². The Balaban J connectivity index is 1.39. The monoisotopic (exact) mass is 679 g/mol. The van der Waals surface area contributed by atoms with Crippen molar-refractivity contribution in [1.29, 1.82) is 0 Å². The van der Waals surface area contributed by atoms with E-state index >= 15 is 0 Å². The zero-order valence-electron chi connectivity index (χ0n) is 26.7. The highest BCUT2D eigenvalue weighted by Gasteiger charge is 2.32. The van der Waals surface area contributed by atoms with E-state index < -0.39 is 6.04 Å². The highest BCUT2D eigenvalue weighted by atomic mass is 35.5. The highest BCUT2D eigenvalue weighted by molar-refractivity contribution is 7.07. The number of benzene rings is 4. The summed E-state index contributed by atoms with van der Waals surface area (Å²) in [6, 6.07) is 29.0. The zero-order valence-corrected chi connectivity index (χ0v) is 28.3. The summed E-state index contributed by atoms with van der Waals surface area (Å²) in [6.07, 6.45) is 1.81. The van der Waals surface area contributed by atoms with E-state index in [9.17, 15) is 9.59 Å². The Bertz CT molecular complexity index is 2160. The number of aromatic nitrogens is 1. The van der Waals surface area contributed by atoms with Crippen LogP contribution in [0.5, 0.6) is 17.2 Å². The van der Waals surface area contributed by atoms with Crippen LogP contribution in [-0.4, -0.2) is 23.7 Å². The first-order chi connectivity index (χ1) is 23.3. The minimum absolute atomic E-state index is 0.255. The topological polar surface area (TPSA) is 91.2 Å². The Hall–Kier alpha value is -5.12. The van der Waals surface area contributed by atoms with Crippen LogP contribution in [0.1, 0.15) is 43.5 Å². The lowest BCUT2D eigenvalue weighted by molar-refractivity contribution is -0.113. The van der Waals surface area contributed by atoms with E-state index in [0.29, 0.717) is 68.4 Å². The molecule has 4 aromatic carbocycles. The first-order valence-corrected chi connectivity index (χ1v) is 16.8. The highest BCUT2D eigenvalue weighted by Crippen LogP contribution is 2.32. The fourth-order valence-corrected chi connectivity index (χ4v) is 6.76. The molecule has 1 N–H and O–H groups in total. The predicted molar refractivity (Wildman–Crippen MR) is 190 cm³/mol. The van der Waals surface area contributed by atoms with Crippen LogP contribution in [0.4, 0.5) is 5.69 Å². The summed E-state index contributed by atoms with van der Waals surface area (Å²) in [4.78, 5) is 33.3. The second-order valence-electron chi connectivity index (χ2n) is 11.0. The number of carbonyl (C=O) groups is 1. The summed E-state index contributed by atoms with van der Waals surface area (Å²) < 4.78 is 19.7. The number of carbonyl (C=O) groups excluding carboxylic acids is 1. The first kappa shape index (κ1) is 32.8. The van der Waals surface area contributed by atoms with Gasteiger partial charge in [0.2, 0.25) is 0 Å². The number of ether oxygens (including phenoxy) is 3. The van der Waals surface area contributed by atoms with Gasteiger partial charge in [0.25, 0.3) is 11.5 Å². The van der Waals surface area contributed by atoms with Crippen molar-refractivity contribution in [3.63, 3.8) is 0 Å². The maximum absolute atomic E-state index is 14.2. The number of nitrogens with one attached hydrogen (secondary N) is 1. The quantitative estimate of drug-likeness (QED) is 0.164. The van der Waals surface area contributed by atoms with E-state index in [1.54, 1.807) is 11.5 Å². The van der Waals surface area contributed by atoms with Gasteiger partial charge in [0.15, 0.2) is 16.3 Å². The molecule has 8 nitrogen and oxygen atoms in total. The van der Waals surface area contributed by atoms with Crippen LogP contribution >= 0.6 is 22.9 Å². The molecule has 0 saturated heterocycles. The minimum Gasteiger partial charge on any atom is -0.494 e. The third kappa shape index (κ3) is 7.22. The van der Waals surface area contributed by atoms with Gasteiger partial charge in [-0.3, -0.25) is 14.2 Å². The molecular formula is C38H34ClN3O5S. The Morgan fingerprint density at radius 1 is 0.917 bits per heavy atom. The number of allylic oxidation sites excluding steroid dienone is 1. The second kappa shape index (κ2) is 14.8. The summed E-state index contributed by atoms with van der Waals surface area (Å²) >= 11 is 7.41. The van der Waals surface area contributed by atoms with Crippen molar-refractivity contribution in [2.45, 2.75) is 33.4 Å². The van der Waals surface area contributed by atoms with Crippen LogP contribution in [0.2, 0.25) is 5.02 Å². The van der Waals surface area contributed by atoms with E-state index in [0.717, 1.165) is 16.7 Å². The lowest BCUT2D eigenvalue weighted by atomic mass is 9.95. The molecule has 1 aliphatic heterocycles. The summed E-state index contributed by atoms with van der Waals surface area (Å²) in [5.74, 6) is 1.51. The van der Waals surface area contributed by atoms with E-state index in [1.165, 1.54) is 11.3 Å². The molecular weight excluding hydrogens is 646 g/mol. The molecule has 0 spiro atoms. The molecule has 10 heteroatoms. The number of nitrogens with zero attached hydrogens (tertiary/aromatic N) is 2. The predicted octanol–water partition coefficient (Wildman–Crippen LogP) is 6.90. The molecule has 0 aliphatic carbocycles. The van der Waals surface area contributed by atoms with Crippen LogP contribution < -0.4 is 34.4 Å². The molecule has 1 aliphatic rings. The van der Waals surface area contributed by atoms with Gasteiger partial charge in [0.1, 0.15) is 12.4 Å². The number of fused-ring (bicyclic) bond motifs is 1. The maximum Gasteiger partial charge on any atom is 0.271 e. The van der Waals surface area contributed by atoms with Crippen LogP contribution in [0.15, 0.2) is 118 Å². The average Bonchev–Trinajstić information content (AvgIpc) is 3.38. The number of amides is 1. The Morgan fingerprint density at radius 2 is 1.69 bits per heavy atom. The zero-order chi connectivity index (χ0) is 33.6. The maximum atomic E-state index is 14.2. The fraction of sp³-hybridized carbons (Fsp3) is 0.184. The van der Waals surface area contributed by atoms with Crippen LogP contribution in [-0.2, 0) is 11.4 Å². The number of thiazole rings is 1. The van der Waals surface area contributed by atoms with E-state index in [-0.39, 0.29) is 11.5 Å². The van der Waals surface area contributed by atoms with Gasteiger partial charge < -0.3 is 19.5 Å². The third-order valence-electron chi connectivity index (χ3n) is 7.65. The van der Waals surface area contributed by atoms with Crippen molar-refractivity contribution in [2.75, 3.05) is 18.5 Å². The molecule has 1 amide bonds. The van der Waals surface area contributed by atoms with Gasteiger partial charge in [-0.25, -0.2) is 4.99 Å². The number of hydrogen-bond donors (Lipinski definition) is 1. The number of hydrogen-bond acceptors (Lipinski definition) is 7. The summed E-state index contributed by atoms with van der Waals surface area (Å²) in [7, 11) is 0. The van der Waals surface area contributed by atoms with Crippen molar-refractivity contribution in [3.05, 3.63) is 150 Å². The lowest BCUT2D eigenvalue weighted by Gasteiger charge is -2.25. The van der Waals surface area contributed by atoms with Gasteiger partial charge in [-0.1, -0.05) is 71.5 Å². The summed E-state index contributed by atoms with van der Waals surface area (Å²) in [5, 5.41) is 3.62. The molecule has 2 heterocycles. The Morgan fingerprint density at radius 3 is 2.42 bits per heavy atom. The molecule has 6 rings (SSSR count). The second-order valence-corrected chi connectivity index (χ2v) is 12.4. The van der Waals surface area contributed by atoms with Gasteiger partial charge in [-0.05, 0) is 92.1 Å². The Kier molecular flexibility index (Phi) is 10.1. The van der Waals surface area contributed by atoms with E-state index in [4.69, 9.17) is 30.8 Å². The van der Waals surface area contributed by atoms with Gasteiger partial charge in [0.05, 0.1) is 35.1 Å². The van der Waals surface area contributed by atoms with Crippen LogP contribution in [0.25, 0.3) is 6.08 Å². The fourth-order valence-electron chi connectivity index (χ4n) is 5.50. The minimum atomic E-state index is -0.705. The molecule has 0 saturated carbocycles. The molecule has 1 aromatic heterocycles. The van der Waals surface area contributed by atoms with Crippen molar-refractivity contribution in [1.82, 2.24) is 4.57 Å². The SMILES string of the molecule is CCOc1ccc([C@H]2C(C(=O)Nc3ccccc3)=C(C)N=c3s/c(=C\c4ccc(OCc5cccc(Cl)c5)c(OCC)c4)c(=O)n32)cc1. The first-order valence-electron chi connectivity index (χ1n) is 15.6. The number of para-hydroxylation sites is 1. The largest absolute Gasteiger partial charge is 0.494 e. The molecule has 0 radical (unpaired) electrons. The van der Waals surface area contributed by atoms with E-state index in [1.807, 2.05) is 117 Å².